The number of carbonyl (C=O) groups is 1. The van der Waals surface area contributed by atoms with Gasteiger partial charge in [-0.1, -0.05) is 29.8 Å². The number of aliphatic hydroxyl groups is 1. The summed E-state index contributed by atoms with van der Waals surface area (Å²) in [5.74, 6) is -0.0814. The lowest BCUT2D eigenvalue weighted by atomic mass is 10.1. The molecule has 5 heteroatoms. The molecule has 1 aromatic carbocycles. The van der Waals surface area contributed by atoms with Crippen molar-refractivity contribution in [3.8, 4) is 0 Å². The molecule has 1 fully saturated rings. The highest BCUT2D eigenvalue weighted by atomic mass is 35.5. The first-order chi connectivity index (χ1) is 9.70. The molecule has 4 nitrogen and oxygen atoms in total. The van der Waals surface area contributed by atoms with Crippen molar-refractivity contribution in [2.45, 2.75) is 18.9 Å². The summed E-state index contributed by atoms with van der Waals surface area (Å²) in [6.07, 6.45) is 1.77. The van der Waals surface area contributed by atoms with Gasteiger partial charge in [0, 0.05) is 11.9 Å². The molecule has 0 bridgehead atoms. The Hall–Kier alpha value is -1.65. The Labute approximate surface area is 122 Å². The van der Waals surface area contributed by atoms with Crippen LogP contribution in [0, 0.1) is 0 Å². The SMILES string of the molecule is O=C(c1cc(Cl)nc2ccccc12)N1CCC[C@H]1CO. The Morgan fingerprint density at radius 2 is 2.25 bits per heavy atom. The Balaban J connectivity index is 2.07. The predicted octanol–water partition coefficient (Wildman–Crippen LogP) is 2.49. The maximum absolute atomic E-state index is 12.7. The highest BCUT2D eigenvalue weighted by Crippen LogP contribution is 2.25. The average Bonchev–Trinajstić information content (AvgIpc) is 2.94. The molecule has 0 saturated carbocycles. The van der Waals surface area contributed by atoms with E-state index in [-0.39, 0.29) is 18.6 Å². The van der Waals surface area contributed by atoms with Gasteiger partial charge in [0.15, 0.2) is 0 Å². The molecule has 2 aromatic rings. The third-order valence-electron chi connectivity index (χ3n) is 3.76. The van der Waals surface area contributed by atoms with Crippen LogP contribution in [0.3, 0.4) is 0 Å². The van der Waals surface area contributed by atoms with Crippen LogP contribution in [0.1, 0.15) is 23.2 Å². The Bertz CT molecular complexity index is 659. The number of hydrogen-bond donors (Lipinski definition) is 1. The van der Waals surface area contributed by atoms with Crippen LogP contribution in [0.4, 0.5) is 0 Å². The number of aliphatic hydroxyl groups excluding tert-OH is 1. The third kappa shape index (κ3) is 2.25. The minimum Gasteiger partial charge on any atom is -0.394 e. The molecule has 0 radical (unpaired) electrons. The van der Waals surface area contributed by atoms with Gasteiger partial charge in [-0.3, -0.25) is 4.79 Å². The van der Waals surface area contributed by atoms with E-state index in [2.05, 4.69) is 4.98 Å². The fraction of sp³-hybridized carbons (Fsp3) is 0.333. The van der Waals surface area contributed by atoms with Crippen LogP contribution >= 0.6 is 11.6 Å². The molecule has 1 atom stereocenters. The predicted molar refractivity (Wildman–Crippen MR) is 77.9 cm³/mol. The minimum atomic E-state index is -0.0896. The van der Waals surface area contributed by atoms with Crippen molar-refractivity contribution < 1.29 is 9.90 Å². The van der Waals surface area contributed by atoms with Crippen molar-refractivity contribution in [1.29, 1.82) is 0 Å². The zero-order valence-corrected chi connectivity index (χ0v) is 11.7. The minimum absolute atomic E-state index is 0.00247. The van der Waals surface area contributed by atoms with Gasteiger partial charge >= 0.3 is 0 Å². The van der Waals surface area contributed by atoms with Crippen molar-refractivity contribution >= 4 is 28.4 Å². The van der Waals surface area contributed by atoms with Gasteiger partial charge in [-0.05, 0) is 25.0 Å². The molecule has 0 spiro atoms. The first kappa shape index (κ1) is 13.3. The van der Waals surface area contributed by atoms with E-state index in [1.807, 2.05) is 24.3 Å². The summed E-state index contributed by atoms with van der Waals surface area (Å²) in [5, 5.41) is 10.5. The van der Waals surface area contributed by atoms with Gasteiger partial charge in [0.2, 0.25) is 0 Å². The largest absolute Gasteiger partial charge is 0.394 e. The number of aromatic nitrogens is 1. The van der Waals surface area contributed by atoms with Gasteiger partial charge in [-0.15, -0.1) is 0 Å². The Kier molecular flexibility index (Phi) is 3.59. The quantitative estimate of drug-likeness (QED) is 0.865. The van der Waals surface area contributed by atoms with Gasteiger partial charge in [-0.25, -0.2) is 4.98 Å². The second kappa shape index (κ2) is 5.38. The number of benzene rings is 1. The third-order valence-corrected chi connectivity index (χ3v) is 3.96. The highest BCUT2D eigenvalue weighted by Gasteiger charge is 2.29. The van der Waals surface area contributed by atoms with E-state index >= 15 is 0 Å². The van der Waals surface area contributed by atoms with E-state index in [0.717, 1.165) is 18.2 Å². The smallest absolute Gasteiger partial charge is 0.254 e. The molecular formula is C15H15ClN2O2. The average molecular weight is 291 g/mol. The van der Waals surface area contributed by atoms with E-state index in [0.29, 0.717) is 22.8 Å². The molecule has 0 unspecified atom stereocenters. The van der Waals surface area contributed by atoms with Crippen LogP contribution in [0.25, 0.3) is 10.9 Å². The summed E-state index contributed by atoms with van der Waals surface area (Å²) in [6, 6.07) is 8.97. The Morgan fingerprint density at radius 3 is 3.05 bits per heavy atom. The normalized spacial score (nSPS) is 18.7. The molecule has 3 rings (SSSR count). The fourth-order valence-electron chi connectivity index (χ4n) is 2.77. The number of halogens is 1. The Morgan fingerprint density at radius 1 is 1.45 bits per heavy atom. The summed E-state index contributed by atoms with van der Waals surface area (Å²) in [6.45, 7) is 0.681. The molecule has 1 saturated heterocycles. The molecule has 1 N–H and O–H groups in total. The number of amides is 1. The number of nitrogens with zero attached hydrogens (tertiary/aromatic N) is 2. The highest BCUT2D eigenvalue weighted by molar-refractivity contribution is 6.30. The fourth-order valence-corrected chi connectivity index (χ4v) is 2.97. The number of para-hydroxylation sites is 1. The molecule has 1 aromatic heterocycles. The molecule has 104 valence electrons. The lowest BCUT2D eigenvalue weighted by molar-refractivity contribution is 0.0679. The molecular weight excluding hydrogens is 276 g/mol. The van der Waals surface area contributed by atoms with Crippen LogP contribution in [0.2, 0.25) is 5.15 Å². The lowest BCUT2D eigenvalue weighted by Gasteiger charge is -2.23. The lowest BCUT2D eigenvalue weighted by Crippen LogP contribution is -2.37. The summed E-state index contributed by atoms with van der Waals surface area (Å²) in [5.41, 5.74) is 1.27. The van der Waals surface area contributed by atoms with E-state index in [1.54, 1.807) is 11.0 Å². The van der Waals surface area contributed by atoms with Crippen LogP contribution in [0.15, 0.2) is 30.3 Å². The number of fused-ring (bicyclic) bond motifs is 1. The monoisotopic (exact) mass is 290 g/mol. The van der Waals surface area contributed by atoms with Crippen molar-refractivity contribution in [2.24, 2.45) is 0 Å². The standard InChI is InChI=1S/C15H15ClN2O2/c16-14-8-12(11-5-1-2-6-13(11)17-14)15(20)18-7-3-4-10(18)9-19/h1-2,5-6,8,10,19H,3-4,7,9H2/t10-/m0/s1. The van der Waals surface area contributed by atoms with Crippen LogP contribution in [-0.4, -0.2) is 40.1 Å². The van der Waals surface area contributed by atoms with Gasteiger partial charge < -0.3 is 10.0 Å². The van der Waals surface area contributed by atoms with E-state index in [1.165, 1.54) is 0 Å². The number of likely N-dealkylation sites (tertiary alicyclic amines) is 1. The van der Waals surface area contributed by atoms with E-state index in [4.69, 9.17) is 11.6 Å². The van der Waals surface area contributed by atoms with Crippen molar-refractivity contribution in [1.82, 2.24) is 9.88 Å². The molecule has 0 aliphatic carbocycles. The second-order valence-electron chi connectivity index (χ2n) is 4.99. The van der Waals surface area contributed by atoms with Gasteiger partial charge in [0.05, 0.1) is 23.7 Å². The number of rotatable bonds is 2. The van der Waals surface area contributed by atoms with E-state index in [9.17, 15) is 9.90 Å². The summed E-state index contributed by atoms with van der Waals surface area (Å²) in [4.78, 5) is 18.7. The number of carbonyl (C=O) groups excluding carboxylic acids is 1. The summed E-state index contributed by atoms with van der Waals surface area (Å²) < 4.78 is 0. The number of pyridine rings is 1. The van der Waals surface area contributed by atoms with Gasteiger partial charge in [0.25, 0.3) is 5.91 Å². The van der Waals surface area contributed by atoms with Gasteiger partial charge in [-0.2, -0.15) is 0 Å². The first-order valence-corrected chi connectivity index (χ1v) is 7.05. The topological polar surface area (TPSA) is 53.4 Å². The van der Waals surface area contributed by atoms with Crippen LogP contribution in [-0.2, 0) is 0 Å². The van der Waals surface area contributed by atoms with Crippen molar-refractivity contribution in [2.75, 3.05) is 13.2 Å². The second-order valence-corrected chi connectivity index (χ2v) is 5.37. The summed E-state index contributed by atoms with van der Waals surface area (Å²) in [7, 11) is 0. The first-order valence-electron chi connectivity index (χ1n) is 6.68. The summed E-state index contributed by atoms with van der Waals surface area (Å²) >= 11 is 6.01. The maximum atomic E-state index is 12.7. The van der Waals surface area contributed by atoms with Gasteiger partial charge in [0.1, 0.15) is 5.15 Å². The van der Waals surface area contributed by atoms with Crippen LogP contribution < -0.4 is 0 Å². The van der Waals surface area contributed by atoms with Crippen molar-refractivity contribution in [3.63, 3.8) is 0 Å². The molecule has 2 heterocycles. The maximum Gasteiger partial charge on any atom is 0.254 e. The van der Waals surface area contributed by atoms with E-state index < -0.39 is 0 Å². The molecule has 1 amide bonds. The van der Waals surface area contributed by atoms with Crippen LogP contribution in [0.5, 0.6) is 0 Å². The zero-order valence-electron chi connectivity index (χ0n) is 10.9. The molecule has 20 heavy (non-hydrogen) atoms. The number of hydrogen-bond acceptors (Lipinski definition) is 3. The van der Waals surface area contributed by atoms with Crippen molar-refractivity contribution in [3.05, 3.63) is 41.0 Å². The molecule has 1 aliphatic heterocycles. The zero-order chi connectivity index (χ0) is 14.1. The molecule has 1 aliphatic rings.